The molecule has 0 atom stereocenters. The van der Waals surface area contributed by atoms with Crippen LogP contribution in [-0.4, -0.2) is 53.6 Å². The van der Waals surface area contributed by atoms with Crippen molar-refractivity contribution in [2.45, 2.75) is 26.4 Å². The number of benzene rings is 2. The highest BCUT2D eigenvalue weighted by atomic mass is 19.1. The highest BCUT2D eigenvalue weighted by Crippen LogP contribution is 2.24. The minimum Gasteiger partial charge on any atom is -0.444 e. The molecule has 2 aromatic rings. The summed E-state index contributed by atoms with van der Waals surface area (Å²) in [6, 6.07) is 15.7. The molecule has 158 valence electrons. The Balaban J connectivity index is 1.74. The first-order chi connectivity index (χ1) is 14.2. The summed E-state index contributed by atoms with van der Waals surface area (Å²) in [5, 5.41) is 0. The Morgan fingerprint density at radius 3 is 1.97 bits per heavy atom. The number of carbonyl (C=O) groups is 2. The molecule has 3 rings (SSSR count). The van der Waals surface area contributed by atoms with E-state index < -0.39 is 5.60 Å². The van der Waals surface area contributed by atoms with Gasteiger partial charge in [0.15, 0.2) is 0 Å². The van der Waals surface area contributed by atoms with E-state index in [4.69, 9.17) is 4.74 Å². The van der Waals surface area contributed by atoms with E-state index in [0.717, 1.165) is 16.7 Å². The van der Waals surface area contributed by atoms with Crippen LogP contribution in [0.5, 0.6) is 0 Å². The van der Waals surface area contributed by atoms with E-state index >= 15 is 0 Å². The molecular weight excluding hydrogens is 383 g/mol. The number of halogens is 1. The molecule has 1 fully saturated rings. The number of hydrogen-bond acceptors (Lipinski definition) is 3. The van der Waals surface area contributed by atoms with E-state index in [1.54, 1.807) is 28.0 Å². The molecule has 30 heavy (non-hydrogen) atoms. The van der Waals surface area contributed by atoms with Gasteiger partial charge in [0.25, 0.3) is 0 Å². The highest BCUT2D eigenvalue weighted by Gasteiger charge is 2.27. The van der Waals surface area contributed by atoms with Crippen molar-refractivity contribution >= 4 is 17.6 Å². The quantitative estimate of drug-likeness (QED) is 0.708. The largest absolute Gasteiger partial charge is 0.444 e. The zero-order valence-corrected chi connectivity index (χ0v) is 17.6. The van der Waals surface area contributed by atoms with Crippen LogP contribution in [0, 0.1) is 5.82 Å². The van der Waals surface area contributed by atoms with Crippen LogP contribution >= 0.6 is 0 Å². The van der Waals surface area contributed by atoms with Crippen LogP contribution in [-0.2, 0) is 9.53 Å². The van der Waals surface area contributed by atoms with E-state index in [1.165, 1.54) is 12.1 Å². The molecule has 0 radical (unpaired) electrons. The second kappa shape index (κ2) is 9.11. The van der Waals surface area contributed by atoms with Gasteiger partial charge in [-0.2, -0.15) is 0 Å². The molecule has 1 heterocycles. The molecule has 0 N–H and O–H groups in total. The van der Waals surface area contributed by atoms with Crippen molar-refractivity contribution in [1.29, 1.82) is 0 Å². The van der Waals surface area contributed by atoms with Gasteiger partial charge < -0.3 is 14.5 Å². The van der Waals surface area contributed by atoms with Gasteiger partial charge in [-0.05, 0) is 49.6 Å². The second-order valence-corrected chi connectivity index (χ2v) is 8.22. The molecule has 1 saturated heterocycles. The van der Waals surface area contributed by atoms with Crippen LogP contribution in [0.25, 0.3) is 5.57 Å². The van der Waals surface area contributed by atoms with Gasteiger partial charge in [-0.15, -0.1) is 0 Å². The molecule has 0 spiro atoms. The molecule has 0 saturated carbocycles. The number of ether oxygens (including phenoxy) is 1. The first-order valence-electron chi connectivity index (χ1n) is 10.0. The molecule has 0 aliphatic carbocycles. The van der Waals surface area contributed by atoms with Crippen molar-refractivity contribution in [3.8, 4) is 0 Å². The van der Waals surface area contributed by atoms with Gasteiger partial charge in [-0.3, -0.25) is 4.79 Å². The molecular formula is C24H27FN2O3. The fourth-order valence-electron chi connectivity index (χ4n) is 3.23. The molecule has 0 aromatic heterocycles. The Morgan fingerprint density at radius 2 is 1.40 bits per heavy atom. The van der Waals surface area contributed by atoms with Crippen molar-refractivity contribution in [2.75, 3.05) is 26.2 Å². The van der Waals surface area contributed by atoms with Crippen LogP contribution in [0.15, 0.2) is 60.7 Å². The Kier molecular flexibility index (Phi) is 6.55. The van der Waals surface area contributed by atoms with E-state index in [9.17, 15) is 14.0 Å². The standard InChI is InChI=1S/C24H27FN2O3/c1-24(2,3)30-23(29)27-15-13-26(14-16-27)22(28)17-21(18-7-5-4-6-8-18)19-9-11-20(25)12-10-19/h4-12,17H,13-16H2,1-3H3. The van der Waals surface area contributed by atoms with E-state index in [0.29, 0.717) is 26.2 Å². The van der Waals surface area contributed by atoms with Gasteiger partial charge in [0.1, 0.15) is 11.4 Å². The van der Waals surface area contributed by atoms with Gasteiger partial charge >= 0.3 is 6.09 Å². The number of hydrogen-bond donors (Lipinski definition) is 0. The highest BCUT2D eigenvalue weighted by molar-refractivity contribution is 5.99. The Hall–Kier alpha value is -3.15. The predicted octanol–water partition coefficient (Wildman–Crippen LogP) is 4.34. The lowest BCUT2D eigenvalue weighted by atomic mass is 9.97. The Labute approximate surface area is 176 Å². The average Bonchev–Trinajstić information content (AvgIpc) is 2.72. The van der Waals surface area contributed by atoms with Crippen LogP contribution < -0.4 is 0 Å². The molecule has 1 aliphatic heterocycles. The third-order valence-corrected chi connectivity index (χ3v) is 4.75. The molecule has 0 bridgehead atoms. The maximum absolute atomic E-state index is 13.4. The summed E-state index contributed by atoms with van der Waals surface area (Å²) in [4.78, 5) is 28.5. The maximum Gasteiger partial charge on any atom is 0.410 e. The molecule has 0 unspecified atom stereocenters. The zero-order chi connectivity index (χ0) is 21.7. The molecule has 2 amide bonds. The maximum atomic E-state index is 13.4. The summed E-state index contributed by atoms with van der Waals surface area (Å²) in [7, 11) is 0. The zero-order valence-electron chi connectivity index (χ0n) is 17.6. The molecule has 2 aromatic carbocycles. The lowest BCUT2D eigenvalue weighted by molar-refractivity contribution is -0.127. The number of carbonyl (C=O) groups excluding carboxylic acids is 2. The summed E-state index contributed by atoms with van der Waals surface area (Å²) in [6.07, 6.45) is 1.23. The summed E-state index contributed by atoms with van der Waals surface area (Å²) in [6.45, 7) is 7.19. The molecule has 6 heteroatoms. The van der Waals surface area contributed by atoms with E-state index in [1.807, 2.05) is 51.1 Å². The number of amides is 2. The van der Waals surface area contributed by atoms with Crippen LogP contribution in [0.3, 0.4) is 0 Å². The smallest absolute Gasteiger partial charge is 0.410 e. The first kappa shape index (κ1) is 21.6. The summed E-state index contributed by atoms with van der Waals surface area (Å²) >= 11 is 0. The minimum absolute atomic E-state index is 0.137. The fraction of sp³-hybridized carbons (Fsp3) is 0.333. The van der Waals surface area contributed by atoms with E-state index in [-0.39, 0.29) is 17.8 Å². The monoisotopic (exact) mass is 410 g/mol. The first-order valence-corrected chi connectivity index (χ1v) is 10.0. The lowest BCUT2D eigenvalue weighted by Crippen LogP contribution is -2.51. The van der Waals surface area contributed by atoms with Crippen molar-refractivity contribution in [3.05, 3.63) is 77.6 Å². The van der Waals surface area contributed by atoms with Gasteiger partial charge in [0.2, 0.25) is 5.91 Å². The van der Waals surface area contributed by atoms with Crippen LogP contribution in [0.4, 0.5) is 9.18 Å². The van der Waals surface area contributed by atoms with Crippen molar-refractivity contribution in [3.63, 3.8) is 0 Å². The lowest BCUT2D eigenvalue weighted by Gasteiger charge is -2.35. The summed E-state index contributed by atoms with van der Waals surface area (Å²) < 4.78 is 18.8. The number of nitrogens with zero attached hydrogens (tertiary/aromatic N) is 2. The molecule has 1 aliphatic rings. The number of rotatable bonds is 3. The molecule has 5 nitrogen and oxygen atoms in total. The van der Waals surface area contributed by atoms with Crippen molar-refractivity contribution < 1.29 is 18.7 Å². The third kappa shape index (κ3) is 5.69. The van der Waals surface area contributed by atoms with Gasteiger partial charge in [-0.1, -0.05) is 42.5 Å². The SMILES string of the molecule is CC(C)(C)OC(=O)N1CCN(C(=O)C=C(c2ccccc2)c2ccc(F)cc2)CC1. The fourth-order valence-corrected chi connectivity index (χ4v) is 3.23. The summed E-state index contributed by atoms with van der Waals surface area (Å²) in [5.74, 6) is -0.460. The van der Waals surface area contributed by atoms with E-state index in [2.05, 4.69) is 0 Å². The van der Waals surface area contributed by atoms with Gasteiger partial charge in [-0.25, -0.2) is 9.18 Å². The third-order valence-electron chi connectivity index (χ3n) is 4.75. The summed E-state index contributed by atoms with van der Waals surface area (Å²) in [5.41, 5.74) is 1.83. The van der Waals surface area contributed by atoms with Crippen LogP contribution in [0.2, 0.25) is 0 Å². The average molecular weight is 410 g/mol. The van der Waals surface area contributed by atoms with Gasteiger partial charge in [0.05, 0.1) is 0 Å². The Bertz CT molecular complexity index is 910. The second-order valence-electron chi connectivity index (χ2n) is 8.22. The Morgan fingerprint density at radius 1 is 0.867 bits per heavy atom. The predicted molar refractivity (Wildman–Crippen MR) is 114 cm³/mol. The number of piperazine rings is 1. The van der Waals surface area contributed by atoms with Crippen molar-refractivity contribution in [2.24, 2.45) is 0 Å². The normalized spacial score (nSPS) is 15.1. The topological polar surface area (TPSA) is 49.9 Å². The van der Waals surface area contributed by atoms with Gasteiger partial charge in [0, 0.05) is 32.3 Å². The van der Waals surface area contributed by atoms with Crippen LogP contribution in [0.1, 0.15) is 31.9 Å². The minimum atomic E-state index is -0.549. The van der Waals surface area contributed by atoms with Crippen molar-refractivity contribution in [1.82, 2.24) is 9.80 Å².